The van der Waals surface area contributed by atoms with Crippen LogP contribution in [0.15, 0.2) is 12.4 Å². The Kier molecular flexibility index (Phi) is 2.32. The third kappa shape index (κ3) is 1.84. The minimum Gasteiger partial charge on any atom is -0.423 e. The van der Waals surface area contributed by atoms with Crippen LogP contribution in [-0.4, -0.2) is 36.7 Å². The van der Waals surface area contributed by atoms with Gasteiger partial charge in [-0.1, -0.05) is 0 Å². The van der Waals surface area contributed by atoms with Gasteiger partial charge in [0.1, 0.15) is 0 Å². The highest BCUT2D eigenvalue weighted by Crippen LogP contribution is 2.25. The molecular weight excluding hydrogens is 228 g/mol. The zero-order valence-corrected chi connectivity index (χ0v) is 7.55. The summed E-state index contributed by atoms with van der Waals surface area (Å²) < 4.78 is 37.4. The van der Waals surface area contributed by atoms with Crippen LogP contribution in [0.5, 0.6) is 0 Å². The van der Waals surface area contributed by atoms with Crippen LogP contribution >= 0.6 is 0 Å². The lowest BCUT2D eigenvalue weighted by Gasteiger charge is -1.97. The quantitative estimate of drug-likeness (QED) is 0.604. The molecule has 0 aliphatic carbocycles. The number of fused-ring (bicyclic) bond motifs is 1. The average molecular weight is 232 g/mol. The van der Waals surface area contributed by atoms with E-state index in [0.717, 1.165) is 16.9 Å². The molecule has 2 heterocycles. The monoisotopic (exact) mass is 232 g/mol. The summed E-state index contributed by atoms with van der Waals surface area (Å²) in [7, 11) is -1.82. The van der Waals surface area contributed by atoms with Gasteiger partial charge in [-0.2, -0.15) is 18.2 Å². The van der Waals surface area contributed by atoms with Gasteiger partial charge >= 0.3 is 13.3 Å². The molecule has 0 atom stereocenters. The number of rotatable bonds is 1. The van der Waals surface area contributed by atoms with Crippen LogP contribution in [0.2, 0.25) is 0 Å². The summed E-state index contributed by atoms with van der Waals surface area (Å²) in [5.41, 5.74) is -0.0777. The molecule has 0 saturated carbocycles. The summed E-state index contributed by atoms with van der Waals surface area (Å²) in [5.74, 6) is -1.60. The zero-order chi connectivity index (χ0) is 11.9. The Morgan fingerprint density at radius 3 is 2.56 bits per heavy atom. The fourth-order valence-electron chi connectivity index (χ4n) is 1.05. The highest BCUT2D eigenvalue weighted by atomic mass is 19.4. The Morgan fingerprint density at radius 2 is 2.00 bits per heavy atom. The molecule has 0 aromatic carbocycles. The number of hydrogen-bond acceptors (Lipinski definition) is 5. The van der Waals surface area contributed by atoms with Gasteiger partial charge < -0.3 is 10.0 Å². The molecule has 2 aromatic rings. The lowest BCUT2D eigenvalue weighted by atomic mass is 9.83. The van der Waals surface area contributed by atoms with Crippen LogP contribution < -0.4 is 5.46 Å². The Labute approximate surface area is 86.5 Å². The van der Waals surface area contributed by atoms with Gasteiger partial charge in [0.15, 0.2) is 0 Å². The zero-order valence-electron chi connectivity index (χ0n) is 7.55. The van der Waals surface area contributed by atoms with E-state index in [1.807, 2.05) is 0 Å². The van der Waals surface area contributed by atoms with Crippen LogP contribution in [0.1, 0.15) is 5.82 Å². The number of nitrogens with zero attached hydrogens (tertiary/aromatic N) is 4. The molecule has 2 rings (SSSR count). The first kappa shape index (κ1) is 10.8. The molecule has 0 amide bonds. The number of hydrogen-bond donors (Lipinski definition) is 2. The van der Waals surface area contributed by atoms with Gasteiger partial charge in [0.05, 0.1) is 0 Å². The first-order valence-electron chi connectivity index (χ1n) is 4.03. The van der Waals surface area contributed by atoms with Gasteiger partial charge in [-0.15, -0.1) is 5.10 Å². The molecule has 0 aliphatic rings. The summed E-state index contributed by atoms with van der Waals surface area (Å²) in [5, 5.41) is 20.7. The van der Waals surface area contributed by atoms with Crippen molar-refractivity contribution in [2.75, 3.05) is 0 Å². The van der Waals surface area contributed by atoms with E-state index in [-0.39, 0.29) is 11.2 Å². The van der Waals surface area contributed by atoms with E-state index in [1.54, 1.807) is 0 Å². The Bertz CT molecular complexity index is 526. The van der Waals surface area contributed by atoms with Gasteiger partial charge in [-0.05, 0) is 0 Å². The Balaban J connectivity index is 2.54. The van der Waals surface area contributed by atoms with Gasteiger partial charge in [0.2, 0.25) is 0 Å². The maximum Gasteiger partial charge on any atom is 0.491 e. The first-order valence-corrected chi connectivity index (χ1v) is 4.03. The summed E-state index contributed by atoms with van der Waals surface area (Å²) in [4.78, 5) is 6.64. The average Bonchev–Trinajstić information content (AvgIpc) is 2.58. The lowest BCUT2D eigenvalue weighted by Crippen LogP contribution is -2.31. The molecule has 2 aromatic heterocycles. The van der Waals surface area contributed by atoms with Crippen molar-refractivity contribution in [3.05, 3.63) is 18.2 Å². The Morgan fingerprint density at radius 1 is 1.31 bits per heavy atom. The fourth-order valence-corrected chi connectivity index (χ4v) is 1.05. The van der Waals surface area contributed by atoms with Crippen molar-refractivity contribution in [1.29, 1.82) is 0 Å². The highest BCUT2D eigenvalue weighted by Gasteiger charge is 2.36. The second kappa shape index (κ2) is 3.42. The standard InChI is InChI=1S/C6H4BF3N4O2/c8-6(9,10)4-12-5-11-1-3(7(15)16)2-14(5)13-4/h1-2,15-16H. The van der Waals surface area contributed by atoms with Crippen molar-refractivity contribution >= 4 is 18.4 Å². The van der Waals surface area contributed by atoms with Gasteiger partial charge in [-0.3, -0.25) is 0 Å². The minimum atomic E-state index is -4.66. The number of alkyl halides is 3. The van der Waals surface area contributed by atoms with Crippen LogP contribution in [0.4, 0.5) is 13.2 Å². The SMILES string of the molecule is OB(O)c1cnc2nc(C(F)(F)F)nn2c1. The topological polar surface area (TPSA) is 83.5 Å². The molecule has 0 unspecified atom stereocenters. The molecule has 16 heavy (non-hydrogen) atoms. The molecule has 0 aliphatic heterocycles. The molecule has 84 valence electrons. The van der Waals surface area contributed by atoms with Crippen molar-refractivity contribution in [2.45, 2.75) is 6.18 Å². The predicted molar refractivity (Wildman–Crippen MR) is 45.6 cm³/mol. The van der Waals surface area contributed by atoms with Crippen molar-refractivity contribution in [3.8, 4) is 0 Å². The second-order valence-electron chi connectivity index (χ2n) is 2.94. The maximum absolute atomic E-state index is 12.2. The summed E-state index contributed by atoms with van der Waals surface area (Å²) in [6.07, 6.45) is -2.64. The second-order valence-corrected chi connectivity index (χ2v) is 2.94. The van der Waals surface area contributed by atoms with Crippen LogP contribution in [0, 0.1) is 0 Å². The summed E-state index contributed by atoms with van der Waals surface area (Å²) in [6, 6.07) is 0. The minimum absolute atomic E-state index is 0.0777. The first-order chi connectivity index (χ1) is 7.38. The van der Waals surface area contributed by atoms with Crippen molar-refractivity contribution < 1.29 is 23.2 Å². The molecule has 0 radical (unpaired) electrons. The summed E-state index contributed by atoms with van der Waals surface area (Å²) >= 11 is 0. The van der Waals surface area contributed by atoms with Crippen molar-refractivity contribution in [1.82, 2.24) is 19.6 Å². The molecule has 0 saturated heterocycles. The molecule has 0 bridgehead atoms. The van der Waals surface area contributed by atoms with Crippen LogP contribution in [0.3, 0.4) is 0 Å². The molecular formula is C6H4BF3N4O2. The van der Waals surface area contributed by atoms with Crippen LogP contribution in [-0.2, 0) is 6.18 Å². The summed E-state index contributed by atoms with van der Waals surface area (Å²) in [6.45, 7) is 0. The number of halogens is 3. The highest BCUT2D eigenvalue weighted by molar-refractivity contribution is 6.58. The van der Waals surface area contributed by atoms with E-state index in [0.29, 0.717) is 0 Å². The number of aromatic nitrogens is 4. The van der Waals surface area contributed by atoms with E-state index in [1.165, 1.54) is 0 Å². The smallest absolute Gasteiger partial charge is 0.423 e. The van der Waals surface area contributed by atoms with Gasteiger partial charge in [0.25, 0.3) is 11.6 Å². The largest absolute Gasteiger partial charge is 0.491 e. The van der Waals surface area contributed by atoms with Gasteiger partial charge in [-0.25, -0.2) is 9.50 Å². The van der Waals surface area contributed by atoms with E-state index < -0.39 is 19.1 Å². The molecule has 0 fully saturated rings. The third-order valence-corrected chi connectivity index (χ3v) is 1.77. The van der Waals surface area contributed by atoms with Crippen LogP contribution in [0.25, 0.3) is 5.78 Å². The third-order valence-electron chi connectivity index (χ3n) is 1.77. The predicted octanol–water partition coefficient (Wildman–Crippen LogP) is -1.18. The molecule has 6 nitrogen and oxygen atoms in total. The Hall–Kier alpha value is -1.68. The molecule has 2 N–H and O–H groups in total. The molecule has 10 heteroatoms. The van der Waals surface area contributed by atoms with Crippen molar-refractivity contribution in [3.63, 3.8) is 0 Å². The normalized spacial score (nSPS) is 12.1. The van der Waals surface area contributed by atoms with E-state index in [9.17, 15) is 13.2 Å². The van der Waals surface area contributed by atoms with E-state index >= 15 is 0 Å². The molecule has 0 spiro atoms. The van der Waals surface area contributed by atoms with Crippen molar-refractivity contribution in [2.24, 2.45) is 0 Å². The maximum atomic E-state index is 12.2. The lowest BCUT2D eigenvalue weighted by molar-refractivity contribution is -0.144. The van der Waals surface area contributed by atoms with E-state index in [2.05, 4.69) is 15.1 Å². The van der Waals surface area contributed by atoms with E-state index in [4.69, 9.17) is 10.0 Å². The fraction of sp³-hybridized carbons (Fsp3) is 0.167. The van der Waals surface area contributed by atoms with Gasteiger partial charge in [0, 0.05) is 17.9 Å².